The summed E-state index contributed by atoms with van der Waals surface area (Å²) in [6, 6.07) is 13.7. The van der Waals surface area contributed by atoms with E-state index >= 15 is 0 Å². The van der Waals surface area contributed by atoms with Gasteiger partial charge in [0.05, 0.1) is 11.1 Å². The Labute approximate surface area is 156 Å². The Kier molecular flexibility index (Phi) is 3.81. The monoisotopic (exact) mass is 357 g/mol. The van der Waals surface area contributed by atoms with E-state index in [1.165, 1.54) is 0 Å². The fourth-order valence-electron chi connectivity index (χ4n) is 3.91. The van der Waals surface area contributed by atoms with E-state index in [1.807, 2.05) is 53.1 Å². The quantitative estimate of drug-likeness (QED) is 0.610. The molecule has 1 aliphatic rings. The Morgan fingerprint density at radius 1 is 1.07 bits per heavy atom. The first-order valence-corrected chi connectivity index (χ1v) is 9.28. The molecule has 0 aliphatic heterocycles. The third-order valence-electron chi connectivity index (χ3n) is 5.16. The lowest BCUT2D eigenvalue weighted by molar-refractivity contribution is 0.0954. The maximum atomic E-state index is 13.0. The molecule has 27 heavy (non-hydrogen) atoms. The number of fused-ring (bicyclic) bond motifs is 3. The molecular formula is C21H19N5O. The van der Waals surface area contributed by atoms with Gasteiger partial charge in [0.2, 0.25) is 0 Å². The summed E-state index contributed by atoms with van der Waals surface area (Å²) in [5, 5.41) is 12.4. The second-order valence-electron chi connectivity index (χ2n) is 6.83. The molecule has 1 amide bonds. The summed E-state index contributed by atoms with van der Waals surface area (Å²) in [6.45, 7) is 0.514. The molecule has 1 aliphatic carbocycles. The average molecular weight is 357 g/mol. The molecule has 134 valence electrons. The van der Waals surface area contributed by atoms with Crippen LogP contribution in [0.1, 0.15) is 33.9 Å². The van der Waals surface area contributed by atoms with Gasteiger partial charge in [-0.05, 0) is 43.0 Å². The SMILES string of the molecule is O=C(NCCc1nnc2ccccn12)c1c2c(nc3ccccc13)CCC2. The van der Waals surface area contributed by atoms with Gasteiger partial charge in [-0.2, -0.15) is 0 Å². The number of aryl methyl sites for hydroxylation is 1. The molecule has 0 radical (unpaired) electrons. The predicted octanol–water partition coefficient (Wildman–Crippen LogP) is 2.74. The van der Waals surface area contributed by atoms with E-state index in [0.29, 0.717) is 13.0 Å². The van der Waals surface area contributed by atoms with Crippen LogP contribution in [0.5, 0.6) is 0 Å². The maximum Gasteiger partial charge on any atom is 0.252 e. The lowest BCUT2D eigenvalue weighted by Crippen LogP contribution is -2.27. The molecule has 4 aromatic rings. The molecule has 1 aromatic carbocycles. The molecule has 0 saturated heterocycles. The topological polar surface area (TPSA) is 72.2 Å². The Balaban J connectivity index is 1.40. The molecule has 1 N–H and O–H groups in total. The highest BCUT2D eigenvalue weighted by Crippen LogP contribution is 2.29. The van der Waals surface area contributed by atoms with Crippen molar-refractivity contribution >= 4 is 22.5 Å². The smallest absolute Gasteiger partial charge is 0.252 e. The van der Waals surface area contributed by atoms with Crippen molar-refractivity contribution in [1.82, 2.24) is 24.9 Å². The number of rotatable bonds is 4. The number of pyridine rings is 2. The van der Waals surface area contributed by atoms with E-state index in [0.717, 1.165) is 58.5 Å². The van der Waals surface area contributed by atoms with Gasteiger partial charge >= 0.3 is 0 Å². The van der Waals surface area contributed by atoms with E-state index in [1.54, 1.807) is 0 Å². The number of nitrogens with zero attached hydrogens (tertiary/aromatic N) is 4. The van der Waals surface area contributed by atoms with Crippen molar-refractivity contribution in [1.29, 1.82) is 0 Å². The zero-order valence-corrected chi connectivity index (χ0v) is 14.9. The van der Waals surface area contributed by atoms with Crippen molar-refractivity contribution in [3.05, 3.63) is 71.3 Å². The van der Waals surface area contributed by atoms with Gasteiger partial charge in [0.15, 0.2) is 5.65 Å². The number of aromatic nitrogens is 4. The first kappa shape index (κ1) is 15.9. The third-order valence-corrected chi connectivity index (χ3v) is 5.16. The molecule has 0 atom stereocenters. The Morgan fingerprint density at radius 2 is 1.96 bits per heavy atom. The molecule has 0 unspecified atom stereocenters. The van der Waals surface area contributed by atoms with Gasteiger partial charge in [-0.25, -0.2) is 0 Å². The molecule has 6 heteroatoms. The first-order chi connectivity index (χ1) is 13.3. The number of benzene rings is 1. The van der Waals surface area contributed by atoms with E-state index < -0.39 is 0 Å². The van der Waals surface area contributed by atoms with Crippen LogP contribution >= 0.6 is 0 Å². The molecular weight excluding hydrogens is 338 g/mol. The van der Waals surface area contributed by atoms with Gasteiger partial charge in [-0.15, -0.1) is 10.2 Å². The van der Waals surface area contributed by atoms with Gasteiger partial charge in [0.1, 0.15) is 5.82 Å². The van der Waals surface area contributed by atoms with Crippen LogP contribution in [0, 0.1) is 0 Å². The highest BCUT2D eigenvalue weighted by Gasteiger charge is 2.23. The second kappa shape index (κ2) is 6.46. The number of hydrogen-bond donors (Lipinski definition) is 1. The number of hydrogen-bond acceptors (Lipinski definition) is 4. The molecule has 0 bridgehead atoms. The molecule has 5 rings (SSSR count). The maximum absolute atomic E-state index is 13.0. The number of nitrogens with one attached hydrogen (secondary N) is 1. The fourth-order valence-corrected chi connectivity index (χ4v) is 3.91. The van der Waals surface area contributed by atoms with Crippen LogP contribution in [0.3, 0.4) is 0 Å². The van der Waals surface area contributed by atoms with Crippen molar-refractivity contribution in [3.63, 3.8) is 0 Å². The Bertz CT molecular complexity index is 1160. The third kappa shape index (κ3) is 2.73. The summed E-state index contributed by atoms with van der Waals surface area (Å²) in [5.74, 6) is 0.816. The lowest BCUT2D eigenvalue weighted by Gasteiger charge is -2.12. The van der Waals surface area contributed by atoms with Crippen molar-refractivity contribution < 1.29 is 4.79 Å². The minimum Gasteiger partial charge on any atom is -0.352 e. The number of carbonyl (C=O) groups is 1. The first-order valence-electron chi connectivity index (χ1n) is 9.28. The normalized spacial score (nSPS) is 13.2. The number of para-hydroxylation sites is 1. The van der Waals surface area contributed by atoms with Crippen molar-refractivity contribution in [3.8, 4) is 0 Å². The molecule has 3 heterocycles. The summed E-state index contributed by atoms with van der Waals surface area (Å²) in [7, 11) is 0. The summed E-state index contributed by atoms with van der Waals surface area (Å²) in [6.07, 6.45) is 5.50. The lowest BCUT2D eigenvalue weighted by atomic mass is 10.0. The fraction of sp³-hybridized carbons (Fsp3) is 0.238. The van der Waals surface area contributed by atoms with Crippen molar-refractivity contribution in [2.24, 2.45) is 0 Å². The largest absolute Gasteiger partial charge is 0.352 e. The van der Waals surface area contributed by atoms with Crippen molar-refractivity contribution in [2.45, 2.75) is 25.7 Å². The molecule has 0 fully saturated rings. The summed E-state index contributed by atoms with van der Waals surface area (Å²) >= 11 is 0. The van der Waals surface area contributed by atoms with E-state index in [9.17, 15) is 4.79 Å². The van der Waals surface area contributed by atoms with Gasteiger partial charge in [-0.3, -0.25) is 14.2 Å². The summed E-state index contributed by atoms with van der Waals surface area (Å²) < 4.78 is 1.95. The van der Waals surface area contributed by atoms with Gasteiger partial charge < -0.3 is 5.32 Å². The van der Waals surface area contributed by atoms with Crippen LogP contribution in [0.15, 0.2) is 48.7 Å². The predicted molar refractivity (Wildman–Crippen MR) is 103 cm³/mol. The summed E-state index contributed by atoms with van der Waals surface area (Å²) in [5.41, 5.74) is 4.68. The highest BCUT2D eigenvalue weighted by atomic mass is 16.1. The zero-order valence-electron chi connectivity index (χ0n) is 14.9. The van der Waals surface area contributed by atoms with Crippen LogP contribution in [-0.2, 0) is 19.3 Å². The number of carbonyl (C=O) groups excluding carboxylic acids is 1. The van der Waals surface area contributed by atoms with Crippen LogP contribution in [0.2, 0.25) is 0 Å². The van der Waals surface area contributed by atoms with E-state index in [2.05, 4.69) is 15.5 Å². The van der Waals surface area contributed by atoms with Crippen molar-refractivity contribution in [2.75, 3.05) is 6.54 Å². The number of amides is 1. The van der Waals surface area contributed by atoms with E-state index in [-0.39, 0.29) is 5.91 Å². The van der Waals surface area contributed by atoms with Gasteiger partial charge in [-0.1, -0.05) is 24.3 Å². The van der Waals surface area contributed by atoms with Crippen LogP contribution < -0.4 is 5.32 Å². The summed E-state index contributed by atoms with van der Waals surface area (Å²) in [4.78, 5) is 17.8. The van der Waals surface area contributed by atoms with Crippen LogP contribution in [0.4, 0.5) is 0 Å². The Hall–Kier alpha value is -3.28. The van der Waals surface area contributed by atoms with Crippen LogP contribution in [0.25, 0.3) is 16.6 Å². The standard InChI is InChI=1S/C21H19N5O/c27-21(22-12-11-19-25-24-18-10-3-4-13-26(18)19)20-14-6-1-2-8-16(14)23-17-9-5-7-15(17)20/h1-4,6,8,10,13H,5,7,9,11-12H2,(H,22,27). The Morgan fingerprint density at radius 3 is 2.93 bits per heavy atom. The van der Waals surface area contributed by atoms with Gasteiger partial charge in [0, 0.05) is 30.2 Å². The van der Waals surface area contributed by atoms with E-state index in [4.69, 9.17) is 4.98 Å². The van der Waals surface area contributed by atoms with Gasteiger partial charge in [0.25, 0.3) is 5.91 Å². The second-order valence-corrected chi connectivity index (χ2v) is 6.83. The average Bonchev–Trinajstić information content (AvgIpc) is 3.33. The minimum absolute atomic E-state index is 0.0272. The molecule has 0 spiro atoms. The highest BCUT2D eigenvalue weighted by molar-refractivity contribution is 6.07. The molecule has 3 aromatic heterocycles. The minimum atomic E-state index is -0.0272. The molecule has 6 nitrogen and oxygen atoms in total. The molecule has 0 saturated carbocycles. The van der Waals surface area contributed by atoms with Crippen LogP contribution in [-0.4, -0.2) is 32.0 Å². The zero-order chi connectivity index (χ0) is 18.2.